The third kappa shape index (κ3) is 3.79. The molecule has 108 valence electrons. The Balaban J connectivity index is 2.07. The number of halogens is 2. The van der Waals surface area contributed by atoms with Crippen molar-refractivity contribution in [2.75, 3.05) is 11.5 Å². The normalized spacial score (nSPS) is 10.8. The molecule has 21 heavy (non-hydrogen) atoms. The second kappa shape index (κ2) is 6.04. The van der Waals surface area contributed by atoms with Crippen LogP contribution in [0.25, 0.3) is 6.08 Å². The first-order valence-corrected chi connectivity index (χ1v) is 5.95. The number of nitrogens with two attached hydrogens (primary N) is 2. The molecule has 0 atom stereocenters. The molecule has 0 bridgehead atoms. The molecule has 0 aromatic heterocycles. The summed E-state index contributed by atoms with van der Waals surface area (Å²) in [6.45, 7) is 0. The van der Waals surface area contributed by atoms with Crippen LogP contribution in [0, 0.1) is 11.6 Å². The van der Waals surface area contributed by atoms with E-state index in [9.17, 15) is 13.6 Å². The lowest BCUT2D eigenvalue weighted by atomic mass is 10.2. The molecule has 4 nitrogen and oxygen atoms in total. The molecular formula is C15H12F2N2O2. The Morgan fingerprint density at radius 2 is 1.81 bits per heavy atom. The van der Waals surface area contributed by atoms with Gasteiger partial charge in [-0.15, -0.1) is 0 Å². The largest absolute Gasteiger partial charge is 0.421 e. The summed E-state index contributed by atoms with van der Waals surface area (Å²) in [5.41, 5.74) is 12.2. The fourth-order valence-electron chi connectivity index (χ4n) is 1.58. The molecule has 4 N–H and O–H groups in total. The van der Waals surface area contributed by atoms with Crippen LogP contribution in [0.5, 0.6) is 5.75 Å². The van der Waals surface area contributed by atoms with E-state index in [1.165, 1.54) is 30.3 Å². The van der Waals surface area contributed by atoms with E-state index < -0.39 is 17.6 Å². The Morgan fingerprint density at radius 3 is 2.48 bits per heavy atom. The number of esters is 1. The number of hydrogen-bond donors (Lipinski definition) is 2. The summed E-state index contributed by atoms with van der Waals surface area (Å²) in [5, 5.41) is 0. The Labute approximate surface area is 119 Å². The van der Waals surface area contributed by atoms with Crippen molar-refractivity contribution in [1.82, 2.24) is 0 Å². The SMILES string of the molecule is Nc1ccc(OC(=O)C=Cc2ccc(F)c(F)c2)c(N)c1. The Hall–Kier alpha value is -2.89. The Morgan fingerprint density at radius 1 is 1.05 bits per heavy atom. The third-order valence-corrected chi connectivity index (χ3v) is 2.60. The molecule has 0 aliphatic heterocycles. The summed E-state index contributed by atoms with van der Waals surface area (Å²) in [7, 11) is 0. The lowest BCUT2D eigenvalue weighted by Crippen LogP contribution is -2.06. The highest BCUT2D eigenvalue weighted by atomic mass is 19.2. The maximum atomic E-state index is 13.0. The molecule has 0 unspecified atom stereocenters. The van der Waals surface area contributed by atoms with E-state index in [4.69, 9.17) is 16.2 Å². The molecule has 0 saturated heterocycles. The molecule has 0 saturated carbocycles. The van der Waals surface area contributed by atoms with Crippen LogP contribution in [0.15, 0.2) is 42.5 Å². The van der Waals surface area contributed by atoms with Crippen molar-refractivity contribution >= 4 is 23.4 Å². The van der Waals surface area contributed by atoms with E-state index in [2.05, 4.69) is 0 Å². The van der Waals surface area contributed by atoms with Crippen molar-refractivity contribution in [2.24, 2.45) is 0 Å². The van der Waals surface area contributed by atoms with Gasteiger partial charge in [0, 0.05) is 11.8 Å². The Bertz CT molecular complexity index is 715. The molecular weight excluding hydrogens is 278 g/mol. The van der Waals surface area contributed by atoms with Gasteiger partial charge < -0.3 is 16.2 Å². The molecule has 0 radical (unpaired) electrons. The first-order chi connectivity index (χ1) is 9.95. The highest BCUT2D eigenvalue weighted by Crippen LogP contribution is 2.23. The van der Waals surface area contributed by atoms with Crippen molar-refractivity contribution in [1.29, 1.82) is 0 Å². The molecule has 0 aliphatic carbocycles. The molecule has 0 aliphatic rings. The van der Waals surface area contributed by atoms with E-state index in [1.807, 2.05) is 0 Å². The molecule has 0 heterocycles. The number of nitrogen functional groups attached to an aromatic ring is 2. The van der Waals surface area contributed by atoms with Gasteiger partial charge in [0.1, 0.15) is 0 Å². The van der Waals surface area contributed by atoms with Gasteiger partial charge in [-0.05, 0) is 42.0 Å². The maximum Gasteiger partial charge on any atom is 0.336 e. The maximum absolute atomic E-state index is 13.0. The quantitative estimate of drug-likeness (QED) is 0.394. The van der Waals surface area contributed by atoms with Crippen LogP contribution in [0.1, 0.15) is 5.56 Å². The van der Waals surface area contributed by atoms with E-state index in [0.717, 1.165) is 18.2 Å². The summed E-state index contributed by atoms with van der Waals surface area (Å²) in [4.78, 5) is 11.6. The second-order valence-electron chi connectivity index (χ2n) is 4.23. The van der Waals surface area contributed by atoms with Crippen LogP contribution in [-0.2, 0) is 4.79 Å². The predicted molar refractivity (Wildman–Crippen MR) is 76.3 cm³/mol. The van der Waals surface area contributed by atoms with Gasteiger partial charge in [0.05, 0.1) is 5.69 Å². The van der Waals surface area contributed by atoms with Gasteiger partial charge in [0.2, 0.25) is 0 Å². The fourth-order valence-corrected chi connectivity index (χ4v) is 1.58. The first kappa shape index (κ1) is 14.5. The molecule has 0 amide bonds. The van der Waals surface area contributed by atoms with Gasteiger partial charge in [-0.2, -0.15) is 0 Å². The first-order valence-electron chi connectivity index (χ1n) is 5.95. The zero-order valence-corrected chi connectivity index (χ0v) is 10.8. The average Bonchev–Trinajstić information content (AvgIpc) is 2.43. The van der Waals surface area contributed by atoms with Gasteiger partial charge >= 0.3 is 5.97 Å². The van der Waals surface area contributed by atoms with Crippen LogP contribution in [-0.4, -0.2) is 5.97 Å². The van der Waals surface area contributed by atoms with Gasteiger partial charge in [-0.3, -0.25) is 0 Å². The third-order valence-electron chi connectivity index (χ3n) is 2.60. The number of carbonyl (C=O) groups excluding carboxylic acids is 1. The molecule has 2 rings (SSSR count). The number of rotatable bonds is 3. The minimum absolute atomic E-state index is 0.170. The van der Waals surface area contributed by atoms with Gasteiger partial charge in [0.15, 0.2) is 17.4 Å². The van der Waals surface area contributed by atoms with Crippen LogP contribution in [0.3, 0.4) is 0 Å². The van der Waals surface area contributed by atoms with Gasteiger partial charge in [-0.1, -0.05) is 6.07 Å². The van der Waals surface area contributed by atoms with Crippen LogP contribution >= 0.6 is 0 Å². The van der Waals surface area contributed by atoms with E-state index >= 15 is 0 Å². The number of anilines is 2. The lowest BCUT2D eigenvalue weighted by molar-refractivity contribution is -0.128. The number of carbonyl (C=O) groups is 1. The lowest BCUT2D eigenvalue weighted by Gasteiger charge is -2.05. The minimum Gasteiger partial charge on any atom is -0.421 e. The van der Waals surface area contributed by atoms with Crippen LogP contribution < -0.4 is 16.2 Å². The standard InChI is InChI=1S/C15H12F2N2O2/c16-11-4-1-9(7-12(11)17)2-6-15(20)21-14-5-3-10(18)8-13(14)19/h1-8H,18-19H2. The van der Waals surface area contributed by atoms with Crippen molar-refractivity contribution in [3.8, 4) is 5.75 Å². The van der Waals surface area contributed by atoms with Crippen LogP contribution in [0.2, 0.25) is 0 Å². The zero-order valence-electron chi connectivity index (χ0n) is 10.8. The summed E-state index contributed by atoms with van der Waals surface area (Å²) in [6.07, 6.45) is 2.39. The molecule has 6 heteroatoms. The topological polar surface area (TPSA) is 78.3 Å². The van der Waals surface area contributed by atoms with E-state index in [1.54, 1.807) is 0 Å². The highest BCUT2D eigenvalue weighted by Gasteiger charge is 2.05. The molecule has 0 spiro atoms. The summed E-state index contributed by atoms with van der Waals surface area (Å²) in [5.74, 6) is -2.47. The molecule has 2 aromatic carbocycles. The van der Waals surface area contributed by atoms with Crippen LogP contribution in [0.4, 0.5) is 20.2 Å². The summed E-state index contributed by atoms with van der Waals surface area (Å²) < 4.78 is 30.7. The van der Waals surface area contributed by atoms with Crippen molar-refractivity contribution in [2.45, 2.75) is 0 Å². The zero-order chi connectivity index (χ0) is 15.4. The predicted octanol–water partition coefficient (Wildman–Crippen LogP) is 2.75. The van der Waals surface area contributed by atoms with Crippen molar-refractivity contribution in [3.63, 3.8) is 0 Å². The fraction of sp³-hybridized carbons (Fsp3) is 0. The average molecular weight is 290 g/mol. The number of benzene rings is 2. The Kier molecular flexibility index (Phi) is 4.18. The van der Waals surface area contributed by atoms with Crippen molar-refractivity contribution < 1.29 is 18.3 Å². The molecule has 2 aromatic rings. The van der Waals surface area contributed by atoms with Gasteiger partial charge in [0.25, 0.3) is 0 Å². The van der Waals surface area contributed by atoms with Crippen molar-refractivity contribution in [3.05, 3.63) is 59.7 Å². The second-order valence-corrected chi connectivity index (χ2v) is 4.23. The number of ether oxygens (including phenoxy) is 1. The minimum atomic E-state index is -0.992. The summed E-state index contributed by atoms with van der Waals surface area (Å²) >= 11 is 0. The van der Waals surface area contributed by atoms with E-state index in [-0.39, 0.29) is 11.4 Å². The monoisotopic (exact) mass is 290 g/mol. The summed E-state index contributed by atoms with van der Waals surface area (Å²) in [6, 6.07) is 7.74. The van der Waals surface area contributed by atoms with Gasteiger partial charge in [-0.25, -0.2) is 13.6 Å². The highest BCUT2D eigenvalue weighted by molar-refractivity contribution is 5.89. The molecule has 0 fully saturated rings. The smallest absolute Gasteiger partial charge is 0.336 e. The van der Waals surface area contributed by atoms with E-state index in [0.29, 0.717) is 11.3 Å². The number of hydrogen-bond acceptors (Lipinski definition) is 4.